The van der Waals surface area contributed by atoms with E-state index in [0.29, 0.717) is 4.83 Å². The van der Waals surface area contributed by atoms with Gasteiger partial charge in [0.1, 0.15) is 9.71 Å². The maximum atomic E-state index is 12.5. The van der Waals surface area contributed by atoms with Crippen LogP contribution in [-0.2, 0) is 13.1 Å². The topological polar surface area (TPSA) is 142 Å². The predicted octanol–water partition coefficient (Wildman–Crippen LogP) is -0.374. The van der Waals surface area contributed by atoms with Gasteiger partial charge < -0.3 is 10.8 Å². The largest absolute Gasteiger partial charge is 0.391 e. The number of carbonyl (C=O) groups excluding carboxylic acids is 1. The first-order chi connectivity index (χ1) is 11.4. The SMILES string of the molecule is C[C@@H](O)Cn1nnc(Cn2cnc3sc(C(N)=O)c(Cl)c3c2=O)n1. The van der Waals surface area contributed by atoms with E-state index < -0.39 is 17.6 Å². The van der Waals surface area contributed by atoms with Crippen molar-refractivity contribution in [2.24, 2.45) is 5.73 Å². The van der Waals surface area contributed by atoms with Gasteiger partial charge in [-0.15, -0.1) is 21.5 Å². The minimum atomic E-state index is -0.711. The lowest BCUT2D eigenvalue weighted by molar-refractivity contribution is 0.100. The summed E-state index contributed by atoms with van der Waals surface area (Å²) in [6, 6.07) is 0. The highest BCUT2D eigenvalue weighted by atomic mass is 35.5. The summed E-state index contributed by atoms with van der Waals surface area (Å²) in [7, 11) is 0. The Morgan fingerprint density at radius 1 is 1.54 bits per heavy atom. The molecule has 24 heavy (non-hydrogen) atoms. The van der Waals surface area contributed by atoms with Crippen molar-refractivity contribution < 1.29 is 9.90 Å². The number of primary amides is 1. The van der Waals surface area contributed by atoms with Crippen LogP contribution < -0.4 is 11.3 Å². The quantitative estimate of drug-likeness (QED) is 0.624. The minimum Gasteiger partial charge on any atom is -0.391 e. The molecule has 0 aliphatic heterocycles. The molecule has 3 aromatic rings. The van der Waals surface area contributed by atoms with E-state index in [1.807, 2.05) is 0 Å². The van der Waals surface area contributed by atoms with Gasteiger partial charge in [-0.3, -0.25) is 14.2 Å². The Morgan fingerprint density at radius 2 is 2.29 bits per heavy atom. The Balaban J connectivity index is 1.97. The van der Waals surface area contributed by atoms with E-state index in [9.17, 15) is 14.7 Å². The second-order valence-corrected chi connectivity index (χ2v) is 6.45. The number of fused-ring (bicyclic) bond motifs is 1. The molecule has 1 atom stereocenters. The first-order valence-corrected chi connectivity index (χ1v) is 7.98. The van der Waals surface area contributed by atoms with E-state index in [1.54, 1.807) is 6.92 Å². The smallest absolute Gasteiger partial charge is 0.264 e. The molecular formula is C12H12ClN7O3S. The molecule has 0 bridgehead atoms. The van der Waals surface area contributed by atoms with Gasteiger partial charge in [-0.2, -0.15) is 4.80 Å². The van der Waals surface area contributed by atoms with Crippen LogP contribution in [-0.4, -0.2) is 46.9 Å². The summed E-state index contributed by atoms with van der Waals surface area (Å²) >= 11 is 7.04. The zero-order chi connectivity index (χ0) is 17.4. The van der Waals surface area contributed by atoms with Crippen molar-refractivity contribution >= 4 is 39.1 Å². The molecule has 0 unspecified atom stereocenters. The molecule has 0 saturated carbocycles. The second kappa shape index (κ2) is 6.26. The van der Waals surface area contributed by atoms with Crippen LogP contribution in [0.3, 0.4) is 0 Å². The summed E-state index contributed by atoms with van der Waals surface area (Å²) in [6.45, 7) is 1.82. The van der Waals surface area contributed by atoms with Gasteiger partial charge in [-0.1, -0.05) is 11.6 Å². The summed E-state index contributed by atoms with van der Waals surface area (Å²) in [5.74, 6) is -0.433. The van der Waals surface area contributed by atoms with Gasteiger partial charge in [-0.25, -0.2) is 4.98 Å². The summed E-state index contributed by atoms with van der Waals surface area (Å²) in [5, 5.41) is 21.1. The standard InChI is InChI=1S/C12H12ClN7O3S/c1-5(21)2-20-17-6(16-18-20)3-19-4-15-11-7(12(19)23)8(13)9(24-11)10(14)22/h4-5,21H,2-3H2,1H3,(H2,14,22)/t5-/m1/s1. The number of tetrazole rings is 1. The van der Waals surface area contributed by atoms with E-state index >= 15 is 0 Å². The molecule has 126 valence electrons. The van der Waals surface area contributed by atoms with E-state index in [4.69, 9.17) is 17.3 Å². The van der Waals surface area contributed by atoms with Crippen LogP contribution >= 0.6 is 22.9 Å². The molecule has 3 aromatic heterocycles. The number of nitrogens with two attached hydrogens (primary N) is 1. The zero-order valence-electron chi connectivity index (χ0n) is 12.4. The Bertz CT molecular complexity index is 977. The average molecular weight is 370 g/mol. The molecule has 3 heterocycles. The van der Waals surface area contributed by atoms with Crippen LogP contribution in [0.1, 0.15) is 22.4 Å². The van der Waals surface area contributed by atoms with E-state index in [-0.39, 0.29) is 34.2 Å². The monoisotopic (exact) mass is 369 g/mol. The molecule has 0 aliphatic carbocycles. The van der Waals surface area contributed by atoms with Crippen molar-refractivity contribution in [3.05, 3.63) is 32.4 Å². The summed E-state index contributed by atoms with van der Waals surface area (Å²) in [6.07, 6.45) is 0.696. The third-order valence-electron chi connectivity index (χ3n) is 3.08. The molecule has 1 amide bonds. The van der Waals surface area contributed by atoms with Gasteiger partial charge in [0.15, 0.2) is 5.82 Å². The van der Waals surface area contributed by atoms with E-state index in [1.165, 1.54) is 15.7 Å². The number of hydrogen-bond donors (Lipinski definition) is 2. The van der Waals surface area contributed by atoms with Gasteiger partial charge in [0, 0.05) is 0 Å². The number of aromatic nitrogens is 6. The first kappa shape index (κ1) is 16.5. The van der Waals surface area contributed by atoms with Crippen LogP contribution in [0, 0.1) is 0 Å². The van der Waals surface area contributed by atoms with Crippen molar-refractivity contribution in [1.29, 1.82) is 0 Å². The molecule has 0 saturated heterocycles. The highest BCUT2D eigenvalue weighted by Gasteiger charge is 2.19. The molecule has 3 N–H and O–H groups in total. The van der Waals surface area contributed by atoms with Crippen LogP contribution in [0.25, 0.3) is 10.2 Å². The molecule has 0 fully saturated rings. The lowest BCUT2D eigenvalue weighted by Crippen LogP contribution is -2.21. The fourth-order valence-corrected chi connectivity index (χ4v) is 3.38. The molecule has 0 radical (unpaired) electrons. The lowest BCUT2D eigenvalue weighted by Gasteiger charge is -2.02. The molecule has 0 aliphatic rings. The number of carbonyl (C=O) groups is 1. The molecule has 3 rings (SSSR count). The Hall–Kier alpha value is -2.37. The summed E-state index contributed by atoms with van der Waals surface area (Å²) in [5.41, 5.74) is 4.80. The van der Waals surface area contributed by atoms with Crippen LogP contribution in [0.15, 0.2) is 11.1 Å². The van der Waals surface area contributed by atoms with Crippen molar-refractivity contribution in [2.75, 3.05) is 0 Å². The number of nitrogens with zero attached hydrogens (tertiary/aromatic N) is 6. The zero-order valence-corrected chi connectivity index (χ0v) is 14.0. The summed E-state index contributed by atoms with van der Waals surface area (Å²) < 4.78 is 1.26. The first-order valence-electron chi connectivity index (χ1n) is 6.78. The maximum Gasteiger partial charge on any atom is 0.264 e. The number of rotatable bonds is 5. The second-order valence-electron chi connectivity index (χ2n) is 5.08. The number of aliphatic hydroxyl groups excluding tert-OH is 1. The number of thiophene rings is 1. The summed E-state index contributed by atoms with van der Waals surface area (Å²) in [4.78, 5) is 29.7. The van der Waals surface area contributed by atoms with Crippen molar-refractivity contribution in [1.82, 2.24) is 29.8 Å². The van der Waals surface area contributed by atoms with Crippen LogP contribution in [0.5, 0.6) is 0 Å². The van der Waals surface area contributed by atoms with E-state index in [2.05, 4.69) is 20.4 Å². The van der Waals surface area contributed by atoms with Crippen LogP contribution in [0.4, 0.5) is 0 Å². The number of aliphatic hydroxyl groups is 1. The predicted molar refractivity (Wildman–Crippen MR) is 86.0 cm³/mol. The Kier molecular flexibility index (Phi) is 4.30. The third-order valence-corrected chi connectivity index (χ3v) is 4.68. The highest BCUT2D eigenvalue weighted by Crippen LogP contribution is 2.31. The molecule has 10 nitrogen and oxygen atoms in total. The maximum absolute atomic E-state index is 12.5. The number of halogens is 1. The molecule has 0 aromatic carbocycles. The number of amides is 1. The highest BCUT2D eigenvalue weighted by molar-refractivity contribution is 7.21. The third kappa shape index (κ3) is 3.00. The van der Waals surface area contributed by atoms with Crippen molar-refractivity contribution in [3.63, 3.8) is 0 Å². The van der Waals surface area contributed by atoms with E-state index in [0.717, 1.165) is 11.3 Å². The molecule has 12 heteroatoms. The lowest BCUT2D eigenvalue weighted by atomic mass is 10.3. The number of hydrogen-bond acceptors (Lipinski definition) is 8. The van der Waals surface area contributed by atoms with Gasteiger partial charge in [-0.05, 0) is 12.1 Å². The van der Waals surface area contributed by atoms with Crippen molar-refractivity contribution in [3.8, 4) is 0 Å². The van der Waals surface area contributed by atoms with Gasteiger partial charge in [0.25, 0.3) is 11.5 Å². The van der Waals surface area contributed by atoms with Gasteiger partial charge in [0.05, 0.1) is 35.9 Å². The molecule has 0 spiro atoms. The van der Waals surface area contributed by atoms with Crippen molar-refractivity contribution in [2.45, 2.75) is 26.1 Å². The van der Waals surface area contributed by atoms with Gasteiger partial charge >= 0.3 is 0 Å². The Labute approximate surface area is 143 Å². The Morgan fingerprint density at radius 3 is 2.96 bits per heavy atom. The minimum absolute atomic E-state index is 0.0000637. The molecular weight excluding hydrogens is 358 g/mol. The average Bonchev–Trinajstić information content (AvgIpc) is 3.06. The normalized spacial score (nSPS) is 12.6. The van der Waals surface area contributed by atoms with Gasteiger partial charge in [0.2, 0.25) is 0 Å². The van der Waals surface area contributed by atoms with Crippen LogP contribution in [0.2, 0.25) is 5.02 Å². The fraction of sp³-hybridized carbons (Fsp3) is 0.333. The fourth-order valence-electron chi connectivity index (χ4n) is 2.07.